The van der Waals surface area contributed by atoms with Crippen LogP contribution in [0.5, 0.6) is 0 Å². The minimum atomic E-state index is 0.690. The van der Waals surface area contributed by atoms with Crippen LogP contribution in [0.4, 0.5) is 0 Å². The third kappa shape index (κ3) is 4.97. The zero-order valence-corrected chi connectivity index (χ0v) is 14.2. The van der Waals surface area contributed by atoms with Gasteiger partial charge in [0.15, 0.2) is 6.29 Å². The van der Waals surface area contributed by atoms with Crippen molar-refractivity contribution >= 4 is 24.1 Å². The van der Waals surface area contributed by atoms with Gasteiger partial charge in [0.2, 0.25) is 0 Å². The summed E-state index contributed by atoms with van der Waals surface area (Å²) in [5.41, 5.74) is 4.08. The highest BCUT2D eigenvalue weighted by Gasteiger charge is 2.06. The maximum absolute atomic E-state index is 11.2. The monoisotopic (exact) mass is 302 g/mol. The molecule has 0 fully saturated rings. The summed E-state index contributed by atoms with van der Waals surface area (Å²) in [6, 6.07) is 0. The van der Waals surface area contributed by atoms with E-state index >= 15 is 0 Å². The molecule has 120 valence electrons. The lowest BCUT2D eigenvalue weighted by molar-refractivity contribution is 0.112. The lowest BCUT2D eigenvalue weighted by atomic mass is 10.1. The van der Waals surface area contributed by atoms with E-state index in [4.69, 9.17) is 5.11 Å². The van der Waals surface area contributed by atoms with Crippen molar-refractivity contribution in [3.63, 3.8) is 0 Å². The van der Waals surface area contributed by atoms with E-state index in [1.54, 1.807) is 0 Å². The molecule has 0 saturated heterocycles. The molecule has 0 saturated carbocycles. The molecule has 1 aromatic rings. The molecular formula is C18H26N2O2. The molecule has 0 aliphatic heterocycles. The second kappa shape index (κ2) is 9.68. The number of carbonyl (C=O) groups excluding carboxylic acids is 1. The van der Waals surface area contributed by atoms with Gasteiger partial charge in [-0.3, -0.25) is 9.79 Å². The molecular weight excluding hydrogens is 276 g/mol. The maximum Gasteiger partial charge on any atom is 0.152 e. The minimum Gasteiger partial charge on any atom is -0.400 e. The van der Waals surface area contributed by atoms with E-state index < -0.39 is 0 Å². The molecule has 0 amide bonds. The lowest BCUT2D eigenvalue weighted by Crippen LogP contribution is -2.14. The molecule has 1 heterocycles. The summed E-state index contributed by atoms with van der Waals surface area (Å²) in [7, 11) is 1.00. The molecule has 22 heavy (non-hydrogen) atoms. The molecule has 0 bridgehead atoms. The average Bonchev–Trinajstić information content (AvgIpc) is 2.82. The Balaban J connectivity index is 0.00000211. The molecule has 2 N–H and O–H groups in total. The Kier molecular flexibility index (Phi) is 8.72. The van der Waals surface area contributed by atoms with Gasteiger partial charge >= 0.3 is 0 Å². The van der Waals surface area contributed by atoms with E-state index in [0.717, 1.165) is 53.1 Å². The predicted molar refractivity (Wildman–Crippen MR) is 94.6 cm³/mol. The largest absolute Gasteiger partial charge is 0.400 e. The van der Waals surface area contributed by atoms with Gasteiger partial charge in [-0.15, -0.1) is 0 Å². The van der Waals surface area contributed by atoms with Crippen LogP contribution in [0.15, 0.2) is 29.4 Å². The number of aromatic amines is 1. The van der Waals surface area contributed by atoms with Crippen LogP contribution >= 0.6 is 0 Å². The number of allylic oxidation sites excluding steroid dienone is 2. The molecule has 0 spiro atoms. The Hall–Kier alpha value is -2.20. The summed E-state index contributed by atoms with van der Waals surface area (Å²) in [6.45, 7) is 15.5. The van der Waals surface area contributed by atoms with Gasteiger partial charge in [-0.05, 0) is 44.4 Å². The maximum atomic E-state index is 11.2. The number of aldehydes is 1. The van der Waals surface area contributed by atoms with Gasteiger partial charge in [0, 0.05) is 29.1 Å². The fraction of sp³-hybridized carbons (Fsp3) is 0.333. The van der Waals surface area contributed by atoms with E-state index in [-0.39, 0.29) is 0 Å². The Morgan fingerprint density at radius 1 is 1.32 bits per heavy atom. The molecule has 0 radical (unpaired) electrons. The van der Waals surface area contributed by atoms with Gasteiger partial charge in [-0.2, -0.15) is 0 Å². The summed E-state index contributed by atoms with van der Waals surface area (Å²) in [6.07, 6.45) is 5.51. The van der Waals surface area contributed by atoms with E-state index in [0.29, 0.717) is 5.56 Å². The molecule has 0 aliphatic carbocycles. The highest BCUT2D eigenvalue weighted by atomic mass is 16.2. The molecule has 0 atom stereocenters. The zero-order valence-electron chi connectivity index (χ0n) is 14.2. The van der Waals surface area contributed by atoms with Crippen molar-refractivity contribution in [1.29, 1.82) is 0 Å². The number of carbonyl (C=O) groups is 1. The van der Waals surface area contributed by atoms with Crippen molar-refractivity contribution in [1.82, 2.24) is 4.98 Å². The van der Waals surface area contributed by atoms with Crippen LogP contribution in [0.1, 0.15) is 43.1 Å². The van der Waals surface area contributed by atoms with E-state index in [1.807, 2.05) is 39.8 Å². The van der Waals surface area contributed by atoms with Gasteiger partial charge in [0.1, 0.15) is 0 Å². The Labute approximate surface area is 132 Å². The van der Waals surface area contributed by atoms with Crippen LogP contribution in [-0.2, 0) is 0 Å². The predicted octanol–water partition coefficient (Wildman–Crippen LogP) is 2.27. The molecule has 0 aliphatic rings. The highest BCUT2D eigenvalue weighted by Crippen LogP contribution is 2.06. The van der Waals surface area contributed by atoms with Crippen LogP contribution in [-0.4, -0.2) is 29.2 Å². The number of hydrogen-bond acceptors (Lipinski definition) is 3. The quantitative estimate of drug-likeness (QED) is 0.647. The van der Waals surface area contributed by atoms with Crippen molar-refractivity contribution in [2.24, 2.45) is 4.99 Å². The first-order chi connectivity index (χ1) is 10.4. The third-order valence-corrected chi connectivity index (χ3v) is 3.16. The summed E-state index contributed by atoms with van der Waals surface area (Å²) in [5, 5.41) is 8.72. The topological polar surface area (TPSA) is 65.5 Å². The summed E-state index contributed by atoms with van der Waals surface area (Å²) in [5.74, 6) is 0. The number of aliphatic hydroxyl groups is 1. The zero-order chi connectivity index (χ0) is 17.3. The van der Waals surface area contributed by atoms with Gasteiger partial charge in [0.05, 0.1) is 5.71 Å². The summed E-state index contributed by atoms with van der Waals surface area (Å²) in [4.78, 5) is 18.8. The molecule has 4 heteroatoms. The number of hydrogen-bond donors (Lipinski definition) is 2. The number of aliphatic imine (C=N–C) groups is 1. The molecule has 0 aromatic carbocycles. The summed E-state index contributed by atoms with van der Waals surface area (Å²) < 4.78 is 0. The fourth-order valence-corrected chi connectivity index (χ4v) is 1.91. The van der Waals surface area contributed by atoms with Crippen LogP contribution in [0, 0.1) is 6.92 Å². The highest BCUT2D eigenvalue weighted by molar-refractivity contribution is 6.20. The third-order valence-electron chi connectivity index (χ3n) is 3.16. The van der Waals surface area contributed by atoms with Gasteiger partial charge < -0.3 is 10.1 Å². The molecule has 1 aromatic heterocycles. The average molecular weight is 302 g/mol. The van der Waals surface area contributed by atoms with Gasteiger partial charge in [-0.1, -0.05) is 26.2 Å². The van der Waals surface area contributed by atoms with Crippen LogP contribution in [0.25, 0.3) is 12.2 Å². The summed E-state index contributed by atoms with van der Waals surface area (Å²) >= 11 is 0. The smallest absolute Gasteiger partial charge is 0.152 e. The fourth-order valence-electron chi connectivity index (χ4n) is 1.91. The van der Waals surface area contributed by atoms with Crippen molar-refractivity contribution in [2.75, 3.05) is 7.11 Å². The SMILES string of the molecule is C=C(C)N=C(/C=c1\[nH]/c(=C/C)c(C=O)c1C)C(=C)CC.CO. The Morgan fingerprint density at radius 3 is 2.27 bits per heavy atom. The van der Waals surface area contributed by atoms with Crippen molar-refractivity contribution in [3.05, 3.63) is 46.3 Å². The van der Waals surface area contributed by atoms with Crippen molar-refractivity contribution < 1.29 is 9.90 Å². The number of H-pyrrole nitrogens is 1. The van der Waals surface area contributed by atoms with Crippen LogP contribution in [0.2, 0.25) is 0 Å². The standard InChI is InChI=1S/C17H22N2O.CH4O/c1-7-12(5)16(18-11(3)4)9-17-13(6)14(10-20)15(8-2)19-17;1-2/h8-10,19H,3,5,7H2,1-2,4,6H3;2H,1H3/b15-8+,17-9-,18-16?;. The number of aliphatic hydroxyl groups excluding tert-OH is 1. The first-order valence-electron chi connectivity index (χ1n) is 7.13. The number of nitrogens with zero attached hydrogens (tertiary/aromatic N) is 1. The van der Waals surface area contributed by atoms with Gasteiger partial charge in [-0.25, -0.2) is 0 Å². The second-order valence-electron chi connectivity index (χ2n) is 4.73. The van der Waals surface area contributed by atoms with Crippen molar-refractivity contribution in [2.45, 2.75) is 34.1 Å². The van der Waals surface area contributed by atoms with Crippen molar-refractivity contribution in [3.8, 4) is 0 Å². The Morgan fingerprint density at radius 2 is 1.91 bits per heavy atom. The van der Waals surface area contributed by atoms with E-state index in [9.17, 15) is 4.79 Å². The van der Waals surface area contributed by atoms with Crippen LogP contribution in [0.3, 0.4) is 0 Å². The van der Waals surface area contributed by atoms with Crippen LogP contribution < -0.4 is 10.7 Å². The Bertz CT molecular complexity index is 691. The van der Waals surface area contributed by atoms with Gasteiger partial charge in [0.25, 0.3) is 0 Å². The first kappa shape index (κ1) is 19.8. The van der Waals surface area contributed by atoms with E-state index in [1.165, 1.54) is 0 Å². The minimum absolute atomic E-state index is 0.690. The molecule has 4 nitrogen and oxygen atoms in total. The van der Waals surface area contributed by atoms with E-state index in [2.05, 4.69) is 23.1 Å². The number of rotatable bonds is 5. The number of nitrogens with one attached hydrogen (secondary N) is 1. The molecule has 1 rings (SSSR count). The first-order valence-corrected chi connectivity index (χ1v) is 7.13. The number of aromatic nitrogens is 1. The normalized spacial score (nSPS) is 12.7. The second-order valence-corrected chi connectivity index (χ2v) is 4.73. The lowest BCUT2D eigenvalue weighted by Gasteiger charge is -2.02. The molecule has 0 unspecified atom stereocenters.